The van der Waals surface area contributed by atoms with Gasteiger partial charge in [0, 0.05) is 45.3 Å². The van der Waals surface area contributed by atoms with Crippen LogP contribution in [0.15, 0.2) is 46.5 Å². The van der Waals surface area contributed by atoms with Crippen molar-refractivity contribution in [3.63, 3.8) is 0 Å². The van der Waals surface area contributed by atoms with E-state index in [1.165, 1.54) is 5.56 Å². The number of aromatic nitrogens is 2. The number of rotatable bonds is 7. The summed E-state index contributed by atoms with van der Waals surface area (Å²) < 4.78 is 29.2. The second-order valence-corrected chi connectivity index (χ2v) is 9.09. The molecule has 30 heavy (non-hydrogen) atoms. The van der Waals surface area contributed by atoms with Gasteiger partial charge in [0.2, 0.25) is 10.0 Å². The zero-order valence-electron chi connectivity index (χ0n) is 17.7. The standard InChI is InChI=1S/C20H30N6O2S.HI/c1-4-21-20(26-12-9-17(15-26)18-13-23-25(3)14-18)22-10-11-24-29(27,28)19-7-5-16(2)6-8-19;/h5-8,13-14,17,24H,4,9-12,15H2,1-3H3,(H,21,22);1H. The van der Waals surface area contributed by atoms with Crippen molar-refractivity contribution in [3.05, 3.63) is 47.8 Å². The predicted octanol–water partition coefficient (Wildman–Crippen LogP) is 2.08. The third-order valence-corrected chi connectivity index (χ3v) is 6.49. The number of likely N-dealkylation sites (tertiary alicyclic amines) is 1. The number of sulfonamides is 1. The van der Waals surface area contributed by atoms with Gasteiger partial charge in [-0.2, -0.15) is 5.10 Å². The summed E-state index contributed by atoms with van der Waals surface area (Å²) in [7, 11) is -1.58. The summed E-state index contributed by atoms with van der Waals surface area (Å²) in [6.45, 7) is 7.16. The van der Waals surface area contributed by atoms with Crippen molar-refractivity contribution in [2.45, 2.75) is 31.1 Å². The van der Waals surface area contributed by atoms with Crippen LogP contribution in [0.4, 0.5) is 0 Å². The fourth-order valence-corrected chi connectivity index (χ4v) is 4.47. The average Bonchev–Trinajstić information content (AvgIpc) is 3.33. The first-order valence-electron chi connectivity index (χ1n) is 9.97. The highest BCUT2D eigenvalue weighted by Crippen LogP contribution is 2.26. The molecule has 1 aromatic heterocycles. The van der Waals surface area contributed by atoms with Gasteiger partial charge in [0.1, 0.15) is 0 Å². The average molecular weight is 546 g/mol. The van der Waals surface area contributed by atoms with Gasteiger partial charge in [-0.25, -0.2) is 13.1 Å². The second-order valence-electron chi connectivity index (χ2n) is 7.33. The summed E-state index contributed by atoms with van der Waals surface area (Å²) in [6, 6.07) is 6.83. The van der Waals surface area contributed by atoms with Crippen molar-refractivity contribution in [1.82, 2.24) is 24.7 Å². The van der Waals surface area contributed by atoms with Gasteiger partial charge in [-0.15, -0.1) is 24.0 Å². The number of halogens is 1. The van der Waals surface area contributed by atoms with Crippen LogP contribution in [0.5, 0.6) is 0 Å². The Morgan fingerprint density at radius 1 is 1.30 bits per heavy atom. The molecule has 1 saturated heterocycles. The Balaban J connectivity index is 0.00000320. The molecule has 10 heteroatoms. The molecule has 2 heterocycles. The molecule has 1 aliphatic rings. The minimum atomic E-state index is -3.51. The number of aliphatic imine (C=N–C) groups is 1. The van der Waals surface area contributed by atoms with E-state index in [1.807, 2.05) is 31.8 Å². The first-order valence-corrected chi connectivity index (χ1v) is 11.5. The lowest BCUT2D eigenvalue weighted by molar-refractivity contribution is 0.486. The summed E-state index contributed by atoms with van der Waals surface area (Å²) in [5.74, 6) is 1.26. The molecule has 1 aliphatic heterocycles. The molecule has 8 nitrogen and oxygen atoms in total. The molecule has 1 atom stereocenters. The van der Waals surface area contributed by atoms with E-state index < -0.39 is 10.0 Å². The first-order chi connectivity index (χ1) is 13.9. The molecule has 1 unspecified atom stereocenters. The van der Waals surface area contributed by atoms with E-state index in [4.69, 9.17) is 0 Å². The zero-order chi connectivity index (χ0) is 20.9. The fraction of sp³-hybridized carbons (Fsp3) is 0.500. The maximum absolute atomic E-state index is 12.4. The molecule has 166 valence electrons. The van der Waals surface area contributed by atoms with Crippen LogP contribution in [0.2, 0.25) is 0 Å². The lowest BCUT2D eigenvalue weighted by Gasteiger charge is -2.21. The Morgan fingerprint density at radius 2 is 2.03 bits per heavy atom. The largest absolute Gasteiger partial charge is 0.357 e. The first kappa shape index (κ1) is 24.6. The minimum absolute atomic E-state index is 0. The van der Waals surface area contributed by atoms with Crippen molar-refractivity contribution in [2.75, 3.05) is 32.7 Å². The SMILES string of the molecule is CCNC(=NCCNS(=O)(=O)c1ccc(C)cc1)N1CCC(c2cnn(C)c2)C1.I. The molecule has 0 aliphatic carbocycles. The summed E-state index contributed by atoms with van der Waals surface area (Å²) in [5, 5.41) is 7.58. The van der Waals surface area contributed by atoms with Gasteiger partial charge in [0.25, 0.3) is 0 Å². The molecule has 2 N–H and O–H groups in total. The smallest absolute Gasteiger partial charge is 0.240 e. The lowest BCUT2D eigenvalue weighted by atomic mass is 10.0. The number of hydrogen-bond donors (Lipinski definition) is 2. The van der Waals surface area contributed by atoms with Crippen LogP contribution in [-0.2, 0) is 17.1 Å². The van der Waals surface area contributed by atoms with Crippen LogP contribution in [0.25, 0.3) is 0 Å². The Morgan fingerprint density at radius 3 is 2.67 bits per heavy atom. The quantitative estimate of drug-likeness (QED) is 0.240. The highest BCUT2D eigenvalue weighted by molar-refractivity contribution is 14.0. The lowest BCUT2D eigenvalue weighted by Crippen LogP contribution is -2.40. The number of hydrogen-bond acceptors (Lipinski definition) is 4. The van der Waals surface area contributed by atoms with Gasteiger partial charge in [-0.05, 0) is 38.0 Å². The van der Waals surface area contributed by atoms with E-state index in [1.54, 1.807) is 24.3 Å². The summed E-state index contributed by atoms with van der Waals surface area (Å²) >= 11 is 0. The summed E-state index contributed by atoms with van der Waals surface area (Å²) in [6.07, 6.45) is 5.05. The Kier molecular flexibility index (Phi) is 9.10. The van der Waals surface area contributed by atoms with Crippen LogP contribution >= 0.6 is 24.0 Å². The van der Waals surface area contributed by atoms with Crippen molar-refractivity contribution >= 4 is 40.0 Å². The van der Waals surface area contributed by atoms with Gasteiger partial charge in [0.05, 0.1) is 17.6 Å². The van der Waals surface area contributed by atoms with Crippen molar-refractivity contribution in [3.8, 4) is 0 Å². The van der Waals surface area contributed by atoms with Crippen LogP contribution in [-0.4, -0.2) is 61.8 Å². The third-order valence-electron chi connectivity index (χ3n) is 5.02. The van der Waals surface area contributed by atoms with E-state index in [2.05, 4.69) is 31.2 Å². The molecule has 0 saturated carbocycles. The van der Waals surface area contributed by atoms with E-state index >= 15 is 0 Å². The normalized spacial score (nSPS) is 17.1. The Labute approximate surface area is 196 Å². The monoisotopic (exact) mass is 546 g/mol. The maximum Gasteiger partial charge on any atom is 0.240 e. The second kappa shape index (κ2) is 11.1. The molecule has 0 spiro atoms. The molecule has 0 radical (unpaired) electrons. The number of benzene rings is 1. The number of aryl methyl sites for hydroxylation is 2. The molecule has 0 amide bonds. The van der Waals surface area contributed by atoms with Gasteiger partial charge >= 0.3 is 0 Å². The van der Waals surface area contributed by atoms with Crippen LogP contribution < -0.4 is 10.0 Å². The summed E-state index contributed by atoms with van der Waals surface area (Å²) in [5.41, 5.74) is 2.27. The van der Waals surface area contributed by atoms with E-state index in [9.17, 15) is 8.42 Å². The Bertz CT molecular complexity index is 942. The van der Waals surface area contributed by atoms with Crippen LogP contribution in [0.1, 0.15) is 30.4 Å². The van der Waals surface area contributed by atoms with Crippen LogP contribution in [0, 0.1) is 6.92 Å². The molecule has 2 aromatic rings. The number of nitrogens with one attached hydrogen (secondary N) is 2. The van der Waals surface area contributed by atoms with E-state index in [0.717, 1.165) is 37.6 Å². The highest BCUT2D eigenvalue weighted by Gasteiger charge is 2.26. The third kappa shape index (κ3) is 6.42. The minimum Gasteiger partial charge on any atom is -0.357 e. The Hall–Kier alpha value is -1.66. The number of nitrogens with zero attached hydrogens (tertiary/aromatic N) is 4. The van der Waals surface area contributed by atoms with Crippen molar-refractivity contribution < 1.29 is 8.42 Å². The van der Waals surface area contributed by atoms with Gasteiger partial charge in [-0.3, -0.25) is 9.67 Å². The van der Waals surface area contributed by atoms with E-state index in [0.29, 0.717) is 12.5 Å². The topological polar surface area (TPSA) is 91.6 Å². The maximum atomic E-state index is 12.4. The highest BCUT2D eigenvalue weighted by atomic mass is 127. The number of guanidine groups is 1. The van der Waals surface area contributed by atoms with Gasteiger partial charge < -0.3 is 10.2 Å². The molecule has 0 bridgehead atoms. The molecule has 3 rings (SSSR count). The molecular weight excluding hydrogens is 515 g/mol. The van der Waals surface area contributed by atoms with Gasteiger partial charge in [0.15, 0.2) is 5.96 Å². The van der Waals surface area contributed by atoms with Crippen LogP contribution in [0.3, 0.4) is 0 Å². The molecule has 1 fully saturated rings. The molecule has 1 aromatic carbocycles. The predicted molar refractivity (Wildman–Crippen MR) is 130 cm³/mol. The van der Waals surface area contributed by atoms with Crippen molar-refractivity contribution in [2.24, 2.45) is 12.0 Å². The zero-order valence-corrected chi connectivity index (χ0v) is 20.9. The van der Waals surface area contributed by atoms with Gasteiger partial charge in [-0.1, -0.05) is 17.7 Å². The fourth-order valence-electron chi connectivity index (χ4n) is 3.44. The van der Waals surface area contributed by atoms with Crippen molar-refractivity contribution in [1.29, 1.82) is 0 Å². The summed E-state index contributed by atoms with van der Waals surface area (Å²) in [4.78, 5) is 7.13. The van der Waals surface area contributed by atoms with E-state index in [-0.39, 0.29) is 35.4 Å². The molecular formula is C20H31IN6O2S.